The first kappa shape index (κ1) is 17.0. The SMILES string of the molecule is CS(=O)(=O)Nc1ccc(NS(=O)(=O)/C=C/c2ccccc2)cc1. The monoisotopic (exact) mass is 352 g/mol. The van der Waals surface area contributed by atoms with E-state index >= 15 is 0 Å². The van der Waals surface area contributed by atoms with Gasteiger partial charge in [0.25, 0.3) is 10.0 Å². The molecule has 0 unspecified atom stereocenters. The van der Waals surface area contributed by atoms with E-state index in [-0.39, 0.29) is 0 Å². The Balaban J connectivity index is 2.07. The highest BCUT2D eigenvalue weighted by molar-refractivity contribution is 7.95. The molecule has 0 saturated carbocycles. The molecule has 0 atom stereocenters. The minimum atomic E-state index is -3.65. The number of benzene rings is 2. The van der Waals surface area contributed by atoms with Crippen molar-refractivity contribution in [2.75, 3.05) is 15.7 Å². The van der Waals surface area contributed by atoms with Crippen molar-refractivity contribution < 1.29 is 16.8 Å². The molecule has 0 saturated heterocycles. The van der Waals surface area contributed by atoms with Gasteiger partial charge in [0.05, 0.1) is 11.7 Å². The highest BCUT2D eigenvalue weighted by Crippen LogP contribution is 2.16. The summed E-state index contributed by atoms with van der Waals surface area (Å²) in [4.78, 5) is 0. The topological polar surface area (TPSA) is 92.3 Å². The molecule has 122 valence electrons. The van der Waals surface area contributed by atoms with Crippen LogP contribution < -0.4 is 9.44 Å². The molecule has 6 nitrogen and oxygen atoms in total. The molecule has 0 aromatic heterocycles. The maximum Gasteiger partial charge on any atom is 0.255 e. The first-order valence-corrected chi connectivity index (χ1v) is 10.0. The van der Waals surface area contributed by atoms with Crippen LogP contribution in [0.4, 0.5) is 11.4 Å². The van der Waals surface area contributed by atoms with Gasteiger partial charge in [-0.2, -0.15) is 0 Å². The second-order valence-corrected chi connectivity index (χ2v) is 8.13. The summed E-state index contributed by atoms with van der Waals surface area (Å²) in [5.41, 5.74) is 1.46. The Bertz CT molecular complexity index is 888. The minimum Gasteiger partial charge on any atom is -0.284 e. The van der Waals surface area contributed by atoms with Crippen LogP contribution in [-0.2, 0) is 20.0 Å². The number of hydrogen-bond donors (Lipinski definition) is 2. The Morgan fingerprint density at radius 2 is 1.30 bits per heavy atom. The van der Waals surface area contributed by atoms with Gasteiger partial charge >= 0.3 is 0 Å². The molecule has 0 amide bonds. The summed E-state index contributed by atoms with van der Waals surface area (Å²) in [7, 11) is -7.01. The highest BCUT2D eigenvalue weighted by atomic mass is 32.2. The van der Waals surface area contributed by atoms with Crippen molar-refractivity contribution in [3.05, 3.63) is 65.6 Å². The summed E-state index contributed by atoms with van der Waals surface area (Å²) in [6, 6.07) is 14.9. The van der Waals surface area contributed by atoms with E-state index in [1.165, 1.54) is 30.3 Å². The summed E-state index contributed by atoms with van der Waals surface area (Å²) in [5, 5.41) is 1.07. The predicted octanol–water partition coefficient (Wildman–Crippen LogP) is 2.47. The number of sulfonamides is 2. The van der Waals surface area contributed by atoms with Crippen molar-refractivity contribution in [2.45, 2.75) is 0 Å². The van der Waals surface area contributed by atoms with E-state index in [1.54, 1.807) is 12.1 Å². The van der Waals surface area contributed by atoms with Crippen LogP contribution in [0.3, 0.4) is 0 Å². The molecule has 8 heteroatoms. The van der Waals surface area contributed by atoms with Gasteiger partial charge in [-0.05, 0) is 35.9 Å². The van der Waals surface area contributed by atoms with Crippen molar-refractivity contribution in [2.24, 2.45) is 0 Å². The zero-order valence-corrected chi connectivity index (χ0v) is 13.9. The van der Waals surface area contributed by atoms with Crippen LogP contribution in [0.15, 0.2) is 60.0 Å². The summed E-state index contributed by atoms with van der Waals surface area (Å²) in [6.07, 6.45) is 2.53. The molecule has 23 heavy (non-hydrogen) atoms. The quantitative estimate of drug-likeness (QED) is 0.835. The zero-order chi connectivity index (χ0) is 16.9. The number of rotatable bonds is 6. The molecule has 0 spiro atoms. The van der Waals surface area contributed by atoms with Crippen LogP contribution >= 0.6 is 0 Å². The van der Waals surface area contributed by atoms with E-state index in [2.05, 4.69) is 9.44 Å². The van der Waals surface area contributed by atoms with E-state index < -0.39 is 20.0 Å². The van der Waals surface area contributed by atoms with Crippen LogP contribution in [0.2, 0.25) is 0 Å². The lowest BCUT2D eigenvalue weighted by atomic mass is 10.2. The standard InChI is InChI=1S/C15H16N2O4S2/c1-22(18,19)16-14-7-9-15(10-8-14)17-23(20,21)12-11-13-5-3-2-4-6-13/h2-12,16-17H,1H3/b12-11+. The van der Waals surface area contributed by atoms with Crippen molar-refractivity contribution in [1.29, 1.82) is 0 Å². The van der Waals surface area contributed by atoms with E-state index in [9.17, 15) is 16.8 Å². The van der Waals surface area contributed by atoms with Gasteiger partial charge in [-0.25, -0.2) is 16.8 Å². The fraction of sp³-hybridized carbons (Fsp3) is 0.0667. The average Bonchev–Trinajstić information content (AvgIpc) is 2.47. The molecule has 0 aliphatic heterocycles. The van der Waals surface area contributed by atoms with Gasteiger partial charge in [0.1, 0.15) is 0 Å². The molecule has 0 aliphatic carbocycles. The van der Waals surface area contributed by atoms with Crippen molar-refractivity contribution in [3.8, 4) is 0 Å². The largest absolute Gasteiger partial charge is 0.284 e. The molecule has 0 heterocycles. The van der Waals surface area contributed by atoms with E-state index in [4.69, 9.17) is 0 Å². The third-order valence-corrected chi connectivity index (χ3v) is 4.31. The summed E-state index contributed by atoms with van der Waals surface area (Å²) < 4.78 is 50.8. The lowest BCUT2D eigenvalue weighted by Crippen LogP contribution is -2.10. The number of nitrogens with one attached hydrogen (secondary N) is 2. The Kier molecular flexibility index (Phi) is 5.07. The van der Waals surface area contributed by atoms with Crippen molar-refractivity contribution >= 4 is 37.5 Å². The van der Waals surface area contributed by atoms with Crippen molar-refractivity contribution in [1.82, 2.24) is 0 Å². The molecule has 0 bridgehead atoms. The minimum absolute atomic E-state index is 0.335. The molecule has 0 fully saturated rings. The molecular weight excluding hydrogens is 336 g/mol. The lowest BCUT2D eigenvalue weighted by Gasteiger charge is -2.07. The maximum absolute atomic E-state index is 12.0. The second kappa shape index (κ2) is 6.84. The lowest BCUT2D eigenvalue weighted by molar-refractivity contribution is 0.606. The number of hydrogen-bond acceptors (Lipinski definition) is 4. The highest BCUT2D eigenvalue weighted by Gasteiger charge is 2.06. The third kappa shape index (κ3) is 6.13. The summed E-state index contributed by atoms with van der Waals surface area (Å²) in [6.45, 7) is 0. The van der Waals surface area contributed by atoms with Gasteiger partial charge in [-0.1, -0.05) is 30.3 Å². The molecular formula is C15H16N2O4S2. The van der Waals surface area contributed by atoms with Gasteiger partial charge in [-0.15, -0.1) is 0 Å². The smallest absolute Gasteiger partial charge is 0.255 e. The normalized spacial score (nSPS) is 12.2. The number of anilines is 2. The van der Waals surface area contributed by atoms with Gasteiger partial charge < -0.3 is 0 Å². The molecule has 2 aromatic rings. The zero-order valence-electron chi connectivity index (χ0n) is 12.3. The predicted molar refractivity (Wildman–Crippen MR) is 92.9 cm³/mol. The molecule has 2 rings (SSSR count). The molecule has 0 radical (unpaired) electrons. The summed E-state index contributed by atoms with van der Waals surface area (Å²) in [5.74, 6) is 0. The molecule has 2 N–H and O–H groups in total. The first-order chi connectivity index (χ1) is 10.7. The van der Waals surface area contributed by atoms with E-state index in [0.29, 0.717) is 11.4 Å². The van der Waals surface area contributed by atoms with Gasteiger partial charge in [0, 0.05) is 11.4 Å². The Hall–Kier alpha value is -2.32. The van der Waals surface area contributed by atoms with Crippen molar-refractivity contribution in [3.63, 3.8) is 0 Å². The van der Waals surface area contributed by atoms with Crippen LogP contribution in [0, 0.1) is 0 Å². The Morgan fingerprint density at radius 1 is 0.783 bits per heavy atom. The van der Waals surface area contributed by atoms with Crippen LogP contribution in [-0.4, -0.2) is 23.1 Å². The summed E-state index contributed by atoms with van der Waals surface area (Å²) >= 11 is 0. The Morgan fingerprint density at radius 3 is 1.83 bits per heavy atom. The van der Waals surface area contributed by atoms with Gasteiger partial charge in [-0.3, -0.25) is 9.44 Å². The Labute approximate surface area is 136 Å². The van der Waals surface area contributed by atoms with Crippen LogP contribution in [0.5, 0.6) is 0 Å². The molecule has 2 aromatic carbocycles. The fourth-order valence-corrected chi connectivity index (χ4v) is 3.18. The van der Waals surface area contributed by atoms with Crippen LogP contribution in [0.25, 0.3) is 6.08 Å². The maximum atomic E-state index is 12.0. The average molecular weight is 352 g/mol. The van der Waals surface area contributed by atoms with Gasteiger partial charge in [0.2, 0.25) is 10.0 Å². The third-order valence-electron chi connectivity index (χ3n) is 2.69. The van der Waals surface area contributed by atoms with E-state index in [0.717, 1.165) is 17.2 Å². The first-order valence-electron chi connectivity index (χ1n) is 6.57. The molecule has 0 aliphatic rings. The van der Waals surface area contributed by atoms with Gasteiger partial charge in [0.15, 0.2) is 0 Å². The fourth-order valence-electron chi connectivity index (χ4n) is 1.75. The second-order valence-electron chi connectivity index (χ2n) is 4.81. The van der Waals surface area contributed by atoms with Crippen LogP contribution in [0.1, 0.15) is 5.56 Å². The van der Waals surface area contributed by atoms with E-state index in [1.807, 2.05) is 18.2 Å².